The molecule has 1 saturated carbocycles. The lowest BCUT2D eigenvalue weighted by Gasteiger charge is -2.17. The van der Waals surface area contributed by atoms with Crippen molar-refractivity contribution in [1.82, 2.24) is 5.32 Å². The van der Waals surface area contributed by atoms with Crippen LogP contribution in [0.2, 0.25) is 0 Å². The molecule has 1 fully saturated rings. The minimum absolute atomic E-state index is 0.0123. The summed E-state index contributed by atoms with van der Waals surface area (Å²) in [6.45, 7) is 1.48. The molecule has 1 amide bonds. The van der Waals surface area contributed by atoms with Crippen molar-refractivity contribution in [3.05, 3.63) is 35.4 Å². The van der Waals surface area contributed by atoms with Gasteiger partial charge in [0, 0.05) is 12.3 Å². The van der Waals surface area contributed by atoms with E-state index in [0.717, 1.165) is 12.1 Å². The van der Waals surface area contributed by atoms with Gasteiger partial charge in [0.1, 0.15) is 0 Å². The van der Waals surface area contributed by atoms with E-state index in [4.69, 9.17) is 0 Å². The number of carbonyl (C=O) groups is 1. The van der Waals surface area contributed by atoms with E-state index in [1.807, 2.05) is 0 Å². The van der Waals surface area contributed by atoms with E-state index in [9.17, 15) is 26.4 Å². The maximum atomic E-state index is 12.8. The highest BCUT2D eigenvalue weighted by molar-refractivity contribution is 7.91. The van der Waals surface area contributed by atoms with E-state index in [2.05, 4.69) is 5.32 Å². The highest BCUT2D eigenvalue weighted by Crippen LogP contribution is 2.49. The van der Waals surface area contributed by atoms with Gasteiger partial charge in [0.05, 0.1) is 16.7 Å². The molecule has 1 aromatic carbocycles. The zero-order valence-electron chi connectivity index (χ0n) is 12.6. The number of rotatable bonds is 6. The highest BCUT2D eigenvalue weighted by Gasteiger charge is 2.51. The van der Waals surface area contributed by atoms with E-state index in [0.29, 0.717) is 18.4 Å². The largest absolute Gasteiger partial charge is 0.416 e. The monoisotopic (exact) mass is 349 g/mol. The Hall–Kier alpha value is -1.57. The summed E-state index contributed by atoms with van der Waals surface area (Å²) in [5.74, 6) is -0.599. The van der Waals surface area contributed by atoms with Crippen molar-refractivity contribution in [2.24, 2.45) is 0 Å². The van der Waals surface area contributed by atoms with Gasteiger partial charge in [0.25, 0.3) is 0 Å². The Morgan fingerprint density at radius 2 is 1.96 bits per heavy atom. The van der Waals surface area contributed by atoms with E-state index in [1.165, 1.54) is 19.1 Å². The molecule has 8 heteroatoms. The number of hydrogen-bond donors (Lipinski definition) is 1. The summed E-state index contributed by atoms with van der Waals surface area (Å²) in [4.78, 5) is 12.3. The summed E-state index contributed by atoms with van der Waals surface area (Å²) in [6.07, 6.45) is -3.54. The summed E-state index contributed by atoms with van der Waals surface area (Å²) in [5, 5.41) is 2.53. The molecule has 0 heterocycles. The number of hydrogen-bond acceptors (Lipinski definition) is 3. The van der Waals surface area contributed by atoms with Crippen LogP contribution in [0.15, 0.2) is 24.3 Å². The molecule has 0 unspecified atom stereocenters. The second-order valence-electron chi connectivity index (χ2n) is 5.65. The quantitative estimate of drug-likeness (QED) is 0.857. The zero-order chi connectivity index (χ0) is 17.3. The van der Waals surface area contributed by atoms with Crippen LogP contribution in [0.25, 0.3) is 0 Å². The minimum Gasteiger partial charge on any atom is -0.354 e. The van der Waals surface area contributed by atoms with Crippen molar-refractivity contribution < 1.29 is 26.4 Å². The fourth-order valence-electron chi connectivity index (χ4n) is 2.40. The molecule has 0 bridgehead atoms. The first kappa shape index (κ1) is 17.8. The third kappa shape index (κ3) is 4.04. The topological polar surface area (TPSA) is 63.2 Å². The minimum atomic E-state index is -4.46. The molecule has 1 aromatic rings. The number of nitrogens with one attached hydrogen (secondary N) is 1. The molecule has 0 aliphatic heterocycles. The molecule has 0 aromatic heterocycles. The second kappa shape index (κ2) is 6.14. The van der Waals surface area contributed by atoms with Crippen LogP contribution in [-0.4, -0.2) is 32.4 Å². The van der Waals surface area contributed by atoms with Crippen molar-refractivity contribution in [3.63, 3.8) is 0 Å². The lowest BCUT2D eigenvalue weighted by atomic mass is 9.93. The number of sulfone groups is 1. The number of benzene rings is 1. The lowest BCUT2D eigenvalue weighted by molar-refractivity contribution is -0.137. The number of halogens is 3. The Bertz CT molecular complexity index is 694. The van der Waals surface area contributed by atoms with Crippen LogP contribution < -0.4 is 5.32 Å². The first-order chi connectivity index (χ1) is 10.6. The Balaban J connectivity index is 2.09. The van der Waals surface area contributed by atoms with Crippen LogP contribution in [0.5, 0.6) is 0 Å². The van der Waals surface area contributed by atoms with Crippen molar-refractivity contribution in [1.29, 1.82) is 0 Å². The standard InChI is InChI=1S/C15H18F3NO3S/c1-2-23(21,22)9-8-19-13(20)14(6-7-14)11-4-3-5-12(10-11)15(16,17)18/h3-5,10H,2,6-9H2,1H3,(H,19,20). The Kier molecular flexibility index (Phi) is 4.75. The first-order valence-electron chi connectivity index (χ1n) is 7.27. The smallest absolute Gasteiger partial charge is 0.354 e. The molecule has 0 spiro atoms. The fourth-order valence-corrected chi connectivity index (χ4v) is 3.10. The molecule has 1 aliphatic carbocycles. The zero-order valence-corrected chi connectivity index (χ0v) is 13.4. The number of alkyl halides is 3. The van der Waals surface area contributed by atoms with Gasteiger partial charge in [-0.2, -0.15) is 13.2 Å². The van der Waals surface area contributed by atoms with E-state index < -0.39 is 32.9 Å². The van der Waals surface area contributed by atoms with Gasteiger partial charge < -0.3 is 5.32 Å². The van der Waals surface area contributed by atoms with Crippen LogP contribution in [0.3, 0.4) is 0 Å². The average molecular weight is 349 g/mol. The van der Waals surface area contributed by atoms with Crippen molar-refractivity contribution in [3.8, 4) is 0 Å². The Labute approximate surface area is 133 Å². The number of carbonyl (C=O) groups excluding carboxylic acids is 1. The van der Waals surface area contributed by atoms with Gasteiger partial charge in [0.15, 0.2) is 9.84 Å². The second-order valence-corrected chi connectivity index (χ2v) is 8.13. The predicted octanol–water partition coefficient (Wildman–Crippen LogP) is 2.29. The SMILES string of the molecule is CCS(=O)(=O)CCNC(=O)C1(c2cccc(C(F)(F)F)c2)CC1. The first-order valence-corrected chi connectivity index (χ1v) is 9.09. The maximum Gasteiger partial charge on any atom is 0.416 e. The molecule has 1 N–H and O–H groups in total. The van der Waals surface area contributed by atoms with Gasteiger partial charge in [-0.15, -0.1) is 0 Å². The van der Waals surface area contributed by atoms with Crippen molar-refractivity contribution in [2.45, 2.75) is 31.4 Å². The molecule has 128 valence electrons. The molecule has 23 heavy (non-hydrogen) atoms. The molecule has 0 atom stereocenters. The average Bonchev–Trinajstić information content (AvgIpc) is 3.28. The lowest BCUT2D eigenvalue weighted by Crippen LogP contribution is -2.37. The molecular weight excluding hydrogens is 331 g/mol. The highest BCUT2D eigenvalue weighted by atomic mass is 32.2. The van der Waals surface area contributed by atoms with Crippen molar-refractivity contribution in [2.75, 3.05) is 18.1 Å². The van der Waals surface area contributed by atoms with Crippen LogP contribution in [0, 0.1) is 0 Å². The third-order valence-electron chi connectivity index (χ3n) is 4.07. The molecule has 2 rings (SSSR count). The number of amides is 1. The summed E-state index contributed by atoms with van der Waals surface area (Å²) in [6, 6.07) is 4.75. The van der Waals surface area contributed by atoms with Gasteiger partial charge in [-0.25, -0.2) is 8.42 Å². The summed E-state index contributed by atoms with van der Waals surface area (Å²) in [5.41, 5.74) is -1.43. The Morgan fingerprint density at radius 3 is 2.48 bits per heavy atom. The van der Waals surface area contributed by atoms with E-state index in [1.54, 1.807) is 0 Å². The normalized spacial score (nSPS) is 16.9. The predicted molar refractivity (Wildman–Crippen MR) is 79.7 cm³/mol. The summed E-state index contributed by atoms with van der Waals surface area (Å²) < 4.78 is 61.1. The molecule has 0 saturated heterocycles. The van der Waals surface area contributed by atoms with Crippen LogP contribution in [0.1, 0.15) is 30.9 Å². The molecular formula is C15H18F3NO3S. The van der Waals surface area contributed by atoms with Crippen LogP contribution >= 0.6 is 0 Å². The van der Waals surface area contributed by atoms with Gasteiger partial charge in [-0.05, 0) is 24.5 Å². The Morgan fingerprint density at radius 1 is 1.30 bits per heavy atom. The maximum absolute atomic E-state index is 12.8. The molecule has 0 radical (unpaired) electrons. The summed E-state index contributed by atoms with van der Waals surface area (Å²) in [7, 11) is -3.19. The van der Waals surface area contributed by atoms with E-state index in [-0.39, 0.29) is 18.1 Å². The van der Waals surface area contributed by atoms with Gasteiger partial charge in [-0.1, -0.05) is 25.1 Å². The van der Waals surface area contributed by atoms with Crippen LogP contribution in [-0.2, 0) is 26.2 Å². The van der Waals surface area contributed by atoms with Gasteiger partial charge in [-0.3, -0.25) is 4.79 Å². The van der Waals surface area contributed by atoms with Crippen molar-refractivity contribution >= 4 is 15.7 Å². The fraction of sp³-hybridized carbons (Fsp3) is 0.533. The molecule has 4 nitrogen and oxygen atoms in total. The summed E-state index contributed by atoms with van der Waals surface area (Å²) >= 11 is 0. The van der Waals surface area contributed by atoms with Gasteiger partial charge in [0.2, 0.25) is 5.91 Å². The van der Waals surface area contributed by atoms with Gasteiger partial charge >= 0.3 is 6.18 Å². The van der Waals surface area contributed by atoms with Crippen LogP contribution in [0.4, 0.5) is 13.2 Å². The molecule has 1 aliphatic rings. The third-order valence-corrected chi connectivity index (χ3v) is 5.77. The van der Waals surface area contributed by atoms with E-state index >= 15 is 0 Å².